The second-order valence-corrected chi connectivity index (χ2v) is 7.11. The standard InChI is InChI=1S/C19H19ClFN3O4/c1-11-9-23(10-12(2)28-11)17-6-4-14(8-16(17)21)22-19(25)13-3-5-15(20)18(7-13)24(26)27/h3-8,11-12H,9-10H2,1-2H3,(H,22,25). The Bertz CT molecular complexity index is 914. The first-order valence-electron chi connectivity index (χ1n) is 8.70. The van der Waals surface area contributed by atoms with Gasteiger partial charge in [0.15, 0.2) is 0 Å². The van der Waals surface area contributed by atoms with E-state index in [1.165, 1.54) is 18.2 Å². The highest BCUT2D eigenvalue weighted by atomic mass is 35.5. The fourth-order valence-corrected chi connectivity index (χ4v) is 3.40. The summed E-state index contributed by atoms with van der Waals surface area (Å²) in [5.74, 6) is -1.07. The molecule has 9 heteroatoms. The summed E-state index contributed by atoms with van der Waals surface area (Å²) in [6, 6.07) is 8.14. The van der Waals surface area contributed by atoms with Gasteiger partial charge in [0.2, 0.25) is 0 Å². The summed E-state index contributed by atoms with van der Waals surface area (Å²) in [7, 11) is 0. The fourth-order valence-electron chi connectivity index (χ4n) is 3.21. The number of nitro groups is 1. The molecule has 28 heavy (non-hydrogen) atoms. The number of rotatable bonds is 4. The Morgan fingerprint density at radius 3 is 2.54 bits per heavy atom. The smallest absolute Gasteiger partial charge is 0.288 e. The maximum Gasteiger partial charge on any atom is 0.288 e. The summed E-state index contributed by atoms with van der Waals surface area (Å²) < 4.78 is 20.3. The third kappa shape index (κ3) is 4.40. The SMILES string of the molecule is CC1CN(c2ccc(NC(=O)c3ccc(Cl)c([N+](=O)[O-])c3)cc2F)CC(C)O1. The molecule has 1 fully saturated rings. The molecule has 1 saturated heterocycles. The number of hydrogen-bond donors (Lipinski definition) is 1. The Hall–Kier alpha value is -2.71. The molecule has 7 nitrogen and oxygen atoms in total. The second kappa shape index (κ2) is 8.12. The molecule has 1 N–H and O–H groups in total. The molecule has 1 heterocycles. The zero-order valence-corrected chi connectivity index (χ0v) is 16.1. The van der Waals surface area contributed by atoms with Gasteiger partial charge in [0.05, 0.1) is 22.8 Å². The Balaban J connectivity index is 1.77. The predicted octanol–water partition coefficient (Wildman–Crippen LogP) is 4.25. The average molecular weight is 408 g/mol. The second-order valence-electron chi connectivity index (χ2n) is 6.71. The highest BCUT2D eigenvalue weighted by Gasteiger charge is 2.24. The Morgan fingerprint density at radius 1 is 1.25 bits per heavy atom. The van der Waals surface area contributed by atoms with Gasteiger partial charge in [-0.25, -0.2) is 4.39 Å². The number of halogens is 2. The average Bonchev–Trinajstić information content (AvgIpc) is 2.61. The van der Waals surface area contributed by atoms with Crippen LogP contribution in [0.2, 0.25) is 5.02 Å². The van der Waals surface area contributed by atoms with Crippen LogP contribution in [0.25, 0.3) is 0 Å². The van der Waals surface area contributed by atoms with Gasteiger partial charge in [-0.1, -0.05) is 11.6 Å². The molecule has 2 atom stereocenters. The van der Waals surface area contributed by atoms with Gasteiger partial charge in [-0.05, 0) is 44.2 Å². The van der Waals surface area contributed by atoms with Gasteiger partial charge < -0.3 is 15.0 Å². The summed E-state index contributed by atoms with van der Waals surface area (Å²) in [5, 5.41) is 13.4. The van der Waals surface area contributed by atoms with Gasteiger partial charge in [-0.3, -0.25) is 14.9 Å². The molecule has 0 radical (unpaired) electrons. The van der Waals surface area contributed by atoms with Crippen molar-refractivity contribution < 1.29 is 18.8 Å². The van der Waals surface area contributed by atoms with Crippen molar-refractivity contribution in [3.8, 4) is 0 Å². The third-order valence-electron chi connectivity index (χ3n) is 4.37. The molecular formula is C19H19ClFN3O4. The largest absolute Gasteiger partial charge is 0.372 e. The maximum absolute atomic E-state index is 14.6. The quantitative estimate of drug-likeness (QED) is 0.604. The minimum atomic E-state index is -0.669. The number of anilines is 2. The number of hydrogen-bond acceptors (Lipinski definition) is 5. The lowest BCUT2D eigenvalue weighted by Gasteiger charge is -2.37. The molecule has 2 aromatic rings. The van der Waals surface area contributed by atoms with E-state index in [0.29, 0.717) is 18.8 Å². The number of amides is 1. The summed E-state index contributed by atoms with van der Waals surface area (Å²) in [5.41, 5.74) is 0.364. The molecule has 1 aliphatic rings. The minimum absolute atomic E-state index is 0.0109. The van der Waals surface area contributed by atoms with Crippen molar-refractivity contribution in [2.45, 2.75) is 26.1 Å². The number of nitrogens with zero attached hydrogens (tertiary/aromatic N) is 2. The fraction of sp³-hybridized carbons (Fsp3) is 0.316. The van der Waals surface area contributed by atoms with Crippen molar-refractivity contribution in [2.75, 3.05) is 23.3 Å². The highest BCUT2D eigenvalue weighted by Crippen LogP contribution is 2.28. The van der Waals surface area contributed by atoms with E-state index in [1.54, 1.807) is 12.1 Å². The van der Waals surface area contributed by atoms with Crippen molar-refractivity contribution in [1.82, 2.24) is 0 Å². The van der Waals surface area contributed by atoms with Crippen LogP contribution in [0.4, 0.5) is 21.5 Å². The van der Waals surface area contributed by atoms with E-state index in [2.05, 4.69) is 5.32 Å². The number of benzene rings is 2. The third-order valence-corrected chi connectivity index (χ3v) is 4.69. The van der Waals surface area contributed by atoms with Crippen LogP contribution in [0.1, 0.15) is 24.2 Å². The van der Waals surface area contributed by atoms with Gasteiger partial charge in [0.25, 0.3) is 11.6 Å². The van der Waals surface area contributed by atoms with Crippen LogP contribution in [0.5, 0.6) is 0 Å². The molecule has 148 valence electrons. The van der Waals surface area contributed by atoms with E-state index in [9.17, 15) is 19.3 Å². The number of ether oxygens (including phenoxy) is 1. The van der Waals surface area contributed by atoms with E-state index >= 15 is 0 Å². The monoisotopic (exact) mass is 407 g/mol. The molecule has 0 aromatic heterocycles. The highest BCUT2D eigenvalue weighted by molar-refractivity contribution is 6.32. The van der Waals surface area contributed by atoms with Crippen molar-refractivity contribution in [3.05, 3.63) is 62.9 Å². The minimum Gasteiger partial charge on any atom is -0.372 e. The zero-order chi connectivity index (χ0) is 20.4. The van der Waals surface area contributed by atoms with Crippen LogP contribution < -0.4 is 10.2 Å². The van der Waals surface area contributed by atoms with Gasteiger partial charge in [-0.15, -0.1) is 0 Å². The molecule has 3 rings (SSSR count). The normalized spacial score (nSPS) is 19.4. The Morgan fingerprint density at radius 2 is 1.93 bits per heavy atom. The van der Waals surface area contributed by atoms with Gasteiger partial charge in [0, 0.05) is 30.4 Å². The predicted molar refractivity (Wildman–Crippen MR) is 105 cm³/mol. The van der Waals surface area contributed by atoms with Crippen molar-refractivity contribution in [3.63, 3.8) is 0 Å². The summed E-state index contributed by atoms with van der Waals surface area (Å²) in [6.45, 7) is 5.00. The number of carbonyl (C=O) groups is 1. The molecular weight excluding hydrogens is 389 g/mol. The van der Waals surface area contributed by atoms with Crippen LogP contribution in [0.15, 0.2) is 36.4 Å². The summed E-state index contributed by atoms with van der Waals surface area (Å²) in [6.07, 6.45) is -0.0218. The van der Waals surface area contributed by atoms with Crippen molar-refractivity contribution in [1.29, 1.82) is 0 Å². The molecule has 1 amide bonds. The number of carbonyl (C=O) groups excluding carboxylic acids is 1. The summed E-state index contributed by atoms with van der Waals surface area (Å²) in [4.78, 5) is 24.6. The lowest BCUT2D eigenvalue weighted by atomic mass is 10.1. The lowest BCUT2D eigenvalue weighted by Crippen LogP contribution is -2.45. The molecule has 2 unspecified atom stereocenters. The van der Waals surface area contributed by atoms with Gasteiger partial charge in [-0.2, -0.15) is 0 Å². The van der Waals surface area contributed by atoms with Crippen LogP contribution >= 0.6 is 11.6 Å². The van der Waals surface area contributed by atoms with Crippen molar-refractivity contribution >= 4 is 34.6 Å². The van der Waals surface area contributed by atoms with Crippen LogP contribution in [0, 0.1) is 15.9 Å². The summed E-state index contributed by atoms with van der Waals surface area (Å²) >= 11 is 5.75. The van der Waals surface area contributed by atoms with Gasteiger partial charge >= 0.3 is 0 Å². The Kier molecular flexibility index (Phi) is 5.81. The van der Waals surface area contributed by atoms with Gasteiger partial charge in [0.1, 0.15) is 10.8 Å². The van der Waals surface area contributed by atoms with Crippen LogP contribution in [-0.2, 0) is 4.74 Å². The molecule has 1 aliphatic heterocycles. The van der Waals surface area contributed by atoms with E-state index in [0.717, 1.165) is 6.07 Å². The molecule has 0 aliphatic carbocycles. The molecule has 2 aromatic carbocycles. The maximum atomic E-state index is 14.6. The molecule has 0 spiro atoms. The zero-order valence-electron chi connectivity index (χ0n) is 15.3. The topological polar surface area (TPSA) is 84.7 Å². The van der Waals surface area contributed by atoms with E-state index in [1.807, 2.05) is 18.7 Å². The van der Waals surface area contributed by atoms with E-state index in [4.69, 9.17) is 16.3 Å². The van der Waals surface area contributed by atoms with E-state index in [-0.39, 0.29) is 34.2 Å². The lowest BCUT2D eigenvalue weighted by molar-refractivity contribution is -0.384. The Labute approximate surface area is 166 Å². The first-order chi connectivity index (χ1) is 13.2. The first-order valence-corrected chi connectivity index (χ1v) is 9.07. The molecule has 0 saturated carbocycles. The first kappa shape index (κ1) is 20.0. The van der Waals surface area contributed by atoms with Crippen molar-refractivity contribution in [2.24, 2.45) is 0 Å². The molecule has 0 bridgehead atoms. The van der Waals surface area contributed by atoms with E-state index < -0.39 is 16.6 Å². The number of nitro benzene ring substituents is 1. The number of nitrogens with one attached hydrogen (secondary N) is 1. The van der Waals surface area contributed by atoms with Crippen LogP contribution in [0.3, 0.4) is 0 Å². The number of morpholine rings is 1. The van der Waals surface area contributed by atoms with Crippen LogP contribution in [-0.4, -0.2) is 36.1 Å².